The predicted molar refractivity (Wildman–Crippen MR) is 74.5 cm³/mol. The highest BCUT2D eigenvalue weighted by Gasteiger charge is 2.42. The van der Waals surface area contributed by atoms with Gasteiger partial charge in [-0.15, -0.1) is 0 Å². The molecule has 1 aliphatic carbocycles. The van der Waals surface area contributed by atoms with Crippen molar-refractivity contribution in [1.29, 1.82) is 5.26 Å². The molecule has 0 saturated carbocycles. The first-order chi connectivity index (χ1) is 10.1. The summed E-state index contributed by atoms with van der Waals surface area (Å²) >= 11 is 0. The van der Waals surface area contributed by atoms with Gasteiger partial charge in [0.1, 0.15) is 0 Å². The Balaban J connectivity index is 2.34. The van der Waals surface area contributed by atoms with Crippen LogP contribution in [0.15, 0.2) is 18.2 Å². The van der Waals surface area contributed by atoms with Crippen molar-refractivity contribution in [2.24, 2.45) is 5.41 Å². The first-order valence-electron chi connectivity index (χ1n) is 6.72. The summed E-state index contributed by atoms with van der Waals surface area (Å²) in [4.78, 5) is 23.6. The fraction of sp³-hybridized carbons (Fsp3) is 0.438. The van der Waals surface area contributed by atoms with Gasteiger partial charge in [0.15, 0.2) is 0 Å². The molecule has 1 aliphatic rings. The summed E-state index contributed by atoms with van der Waals surface area (Å²) < 4.78 is 9.58. The molecule has 0 heterocycles. The number of rotatable bonds is 3. The van der Waals surface area contributed by atoms with Gasteiger partial charge in [-0.25, -0.2) is 4.79 Å². The number of ether oxygens (including phenoxy) is 2. The van der Waals surface area contributed by atoms with Gasteiger partial charge in [-0.3, -0.25) is 4.79 Å². The number of nitrogens with zero attached hydrogens (tertiary/aromatic N) is 1. The van der Waals surface area contributed by atoms with Crippen LogP contribution in [-0.2, 0) is 27.1 Å². The lowest BCUT2D eigenvalue weighted by Gasteiger charge is -2.33. The molecule has 21 heavy (non-hydrogen) atoms. The van der Waals surface area contributed by atoms with E-state index in [0.29, 0.717) is 24.8 Å². The molecule has 5 heteroatoms. The van der Waals surface area contributed by atoms with Crippen LogP contribution in [0.2, 0.25) is 0 Å². The SMILES string of the molecule is COC(=O)c1ccc2c(c1)CCC(CC#N)(C(=O)OC)C2. The zero-order valence-electron chi connectivity index (χ0n) is 12.1. The van der Waals surface area contributed by atoms with Gasteiger partial charge in [-0.1, -0.05) is 6.07 Å². The average molecular weight is 287 g/mol. The standard InChI is InChI=1S/C16H17NO4/c1-20-14(18)12-3-4-13-10-16(7-8-17,15(19)21-2)6-5-11(13)9-12/h3-4,9H,5-7,10H2,1-2H3. The molecule has 0 saturated heterocycles. The summed E-state index contributed by atoms with van der Waals surface area (Å²) in [6, 6.07) is 7.40. The second-order valence-electron chi connectivity index (χ2n) is 5.26. The summed E-state index contributed by atoms with van der Waals surface area (Å²) in [5.74, 6) is -0.716. The number of aryl methyl sites for hydroxylation is 1. The van der Waals surface area contributed by atoms with Crippen LogP contribution < -0.4 is 0 Å². The lowest BCUT2D eigenvalue weighted by molar-refractivity contribution is -0.153. The van der Waals surface area contributed by atoms with Crippen molar-refractivity contribution in [3.63, 3.8) is 0 Å². The van der Waals surface area contributed by atoms with Crippen LogP contribution in [0.4, 0.5) is 0 Å². The summed E-state index contributed by atoms with van der Waals surface area (Å²) in [5, 5.41) is 9.01. The van der Waals surface area contributed by atoms with Gasteiger partial charge in [0, 0.05) is 0 Å². The van der Waals surface area contributed by atoms with Crippen LogP contribution in [0, 0.1) is 16.7 Å². The van der Waals surface area contributed by atoms with E-state index in [2.05, 4.69) is 6.07 Å². The van der Waals surface area contributed by atoms with Crippen LogP contribution in [-0.4, -0.2) is 26.2 Å². The predicted octanol–water partition coefficient (Wildman–Crippen LogP) is 2.03. The van der Waals surface area contributed by atoms with E-state index < -0.39 is 5.41 Å². The number of fused-ring (bicyclic) bond motifs is 1. The number of hydrogen-bond donors (Lipinski definition) is 0. The number of hydrogen-bond acceptors (Lipinski definition) is 5. The van der Waals surface area contributed by atoms with Crippen LogP contribution in [0.25, 0.3) is 0 Å². The van der Waals surface area contributed by atoms with Crippen LogP contribution >= 0.6 is 0 Å². The van der Waals surface area contributed by atoms with E-state index in [-0.39, 0.29) is 18.4 Å². The zero-order chi connectivity index (χ0) is 15.5. The molecule has 0 aromatic heterocycles. The van der Waals surface area contributed by atoms with Gasteiger partial charge in [0.2, 0.25) is 0 Å². The normalized spacial score (nSPS) is 20.0. The van der Waals surface area contributed by atoms with Crippen molar-refractivity contribution in [2.45, 2.75) is 25.7 Å². The second-order valence-corrected chi connectivity index (χ2v) is 5.26. The zero-order valence-corrected chi connectivity index (χ0v) is 12.1. The van der Waals surface area contributed by atoms with Gasteiger partial charge in [-0.05, 0) is 42.5 Å². The fourth-order valence-electron chi connectivity index (χ4n) is 2.87. The van der Waals surface area contributed by atoms with Crippen LogP contribution in [0.3, 0.4) is 0 Å². The molecule has 0 aliphatic heterocycles. The fourth-order valence-corrected chi connectivity index (χ4v) is 2.87. The topological polar surface area (TPSA) is 76.4 Å². The molecule has 0 amide bonds. The van der Waals surface area contributed by atoms with Crippen molar-refractivity contribution in [2.75, 3.05) is 14.2 Å². The molecule has 0 N–H and O–H groups in total. The van der Waals surface area contributed by atoms with Gasteiger partial charge in [0.05, 0.1) is 37.7 Å². The number of methoxy groups -OCH3 is 2. The quantitative estimate of drug-likeness (QED) is 0.795. The Morgan fingerprint density at radius 3 is 2.67 bits per heavy atom. The minimum absolute atomic E-state index is 0.137. The van der Waals surface area contributed by atoms with E-state index in [4.69, 9.17) is 14.7 Å². The Kier molecular flexibility index (Phi) is 4.27. The summed E-state index contributed by atoms with van der Waals surface area (Å²) in [6.45, 7) is 0. The van der Waals surface area contributed by atoms with E-state index in [1.165, 1.54) is 14.2 Å². The van der Waals surface area contributed by atoms with E-state index >= 15 is 0 Å². The molecule has 5 nitrogen and oxygen atoms in total. The number of carbonyl (C=O) groups is 2. The molecular weight excluding hydrogens is 270 g/mol. The Morgan fingerprint density at radius 2 is 2.05 bits per heavy atom. The monoisotopic (exact) mass is 287 g/mol. The molecule has 1 unspecified atom stereocenters. The third-order valence-corrected chi connectivity index (χ3v) is 4.06. The molecule has 1 atom stereocenters. The smallest absolute Gasteiger partial charge is 0.337 e. The first-order valence-corrected chi connectivity index (χ1v) is 6.72. The van der Waals surface area contributed by atoms with E-state index in [1.807, 2.05) is 6.07 Å². The maximum absolute atomic E-state index is 12.1. The summed E-state index contributed by atoms with van der Waals surface area (Å²) in [6.07, 6.45) is 1.78. The lowest BCUT2D eigenvalue weighted by Crippen LogP contribution is -2.37. The van der Waals surface area contributed by atoms with Crippen molar-refractivity contribution in [3.8, 4) is 6.07 Å². The molecule has 110 valence electrons. The molecule has 0 fully saturated rings. The Bertz CT molecular complexity index is 617. The first kappa shape index (κ1) is 15.0. The highest BCUT2D eigenvalue weighted by Crippen LogP contribution is 2.39. The molecule has 1 aromatic rings. The summed E-state index contributed by atoms with van der Waals surface area (Å²) in [5.41, 5.74) is 1.73. The molecule has 0 spiro atoms. The molecule has 0 radical (unpaired) electrons. The lowest BCUT2D eigenvalue weighted by atomic mass is 9.69. The Morgan fingerprint density at radius 1 is 1.29 bits per heavy atom. The second kappa shape index (κ2) is 5.96. The minimum atomic E-state index is -0.775. The average Bonchev–Trinajstić information content (AvgIpc) is 2.52. The maximum Gasteiger partial charge on any atom is 0.337 e. The molecule has 1 aromatic carbocycles. The third-order valence-electron chi connectivity index (χ3n) is 4.06. The van der Waals surface area contributed by atoms with Crippen molar-refractivity contribution < 1.29 is 19.1 Å². The number of carbonyl (C=O) groups excluding carboxylic acids is 2. The highest BCUT2D eigenvalue weighted by atomic mass is 16.5. The van der Waals surface area contributed by atoms with Crippen molar-refractivity contribution >= 4 is 11.9 Å². The Labute approximate surface area is 123 Å². The van der Waals surface area contributed by atoms with Gasteiger partial charge in [-0.2, -0.15) is 5.26 Å². The van der Waals surface area contributed by atoms with E-state index in [9.17, 15) is 9.59 Å². The van der Waals surface area contributed by atoms with E-state index in [0.717, 1.165) is 11.1 Å². The number of benzene rings is 1. The largest absolute Gasteiger partial charge is 0.469 e. The molecule has 0 bridgehead atoms. The molecule has 2 rings (SSSR count). The molecular formula is C16H17NO4. The number of esters is 2. The van der Waals surface area contributed by atoms with Gasteiger partial charge in [0.25, 0.3) is 0 Å². The Hall–Kier alpha value is -2.35. The van der Waals surface area contributed by atoms with Crippen molar-refractivity contribution in [1.82, 2.24) is 0 Å². The van der Waals surface area contributed by atoms with Gasteiger partial charge >= 0.3 is 11.9 Å². The maximum atomic E-state index is 12.1. The minimum Gasteiger partial charge on any atom is -0.469 e. The number of nitriles is 1. The van der Waals surface area contributed by atoms with Crippen LogP contribution in [0.5, 0.6) is 0 Å². The van der Waals surface area contributed by atoms with Gasteiger partial charge < -0.3 is 9.47 Å². The van der Waals surface area contributed by atoms with Crippen molar-refractivity contribution in [3.05, 3.63) is 34.9 Å². The van der Waals surface area contributed by atoms with E-state index in [1.54, 1.807) is 12.1 Å². The highest BCUT2D eigenvalue weighted by molar-refractivity contribution is 5.89. The summed E-state index contributed by atoms with van der Waals surface area (Å²) in [7, 11) is 2.69. The third kappa shape index (κ3) is 2.75. The van der Waals surface area contributed by atoms with Crippen LogP contribution in [0.1, 0.15) is 34.3 Å².